The SMILES string of the molecule is COc1cc(C(=O)NC2CCN(Cc3cn(Cc4ccccc4)c4ccccc34)CC2)cc(OC)c1C. The zero-order valence-corrected chi connectivity index (χ0v) is 21.9. The molecule has 1 aliphatic rings. The molecule has 6 heteroatoms. The molecule has 0 bridgehead atoms. The van der Waals surface area contributed by atoms with E-state index in [-0.39, 0.29) is 11.9 Å². The summed E-state index contributed by atoms with van der Waals surface area (Å²) in [5.74, 6) is 1.23. The lowest BCUT2D eigenvalue weighted by molar-refractivity contribution is 0.0908. The fourth-order valence-corrected chi connectivity index (χ4v) is 5.32. The van der Waals surface area contributed by atoms with Gasteiger partial charge in [0.15, 0.2) is 0 Å². The minimum absolute atomic E-state index is 0.0842. The Morgan fingerprint density at radius 2 is 1.57 bits per heavy atom. The highest BCUT2D eigenvalue weighted by Crippen LogP contribution is 2.30. The molecule has 6 nitrogen and oxygen atoms in total. The molecule has 37 heavy (non-hydrogen) atoms. The van der Waals surface area contributed by atoms with Crippen LogP contribution in [0.15, 0.2) is 72.9 Å². The maximum Gasteiger partial charge on any atom is 0.251 e. The number of benzene rings is 3. The largest absolute Gasteiger partial charge is 0.496 e. The number of nitrogens with one attached hydrogen (secondary N) is 1. The van der Waals surface area contributed by atoms with Crippen LogP contribution in [0.4, 0.5) is 0 Å². The summed E-state index contributed by atoms with van der Waals surface area (Å²) < 4.78 is 13.2. The zero-order chi connectivity index (χ0) is 25.8. The van der Waals surface area contributed by atoms with E-state index in [4.69, 9.17) is 9.47 Å². The first-order valence-electron chi connectivity index (χ1n) is 12.9. The number of ether oxygens (including phenoxy) is 2. The van der Waals surface area contributed by atoms with Crippen LogP contribution in [0.3, 0.4) is 0 Å². The lowest BCUT2D eigenvalue weighted by Crippen LogP contribution is -2.44. The van der Waals surface area contributed by atoms with E-state index < -0.39 is 0 Å². The summed E-state index contributed by atoms with van der Waals surface area (Å²) in [5, 5.41) is 4.54. The third kappa shape index (κ3) is 5.49. The van der Waals surface area contributed by atoms with Crippen molar-refractivity contribution in [2.75, 3.05) is 27.3 Å². The number of nitrogens with zero attached hydrogens (tertiary/aromatic N) is 2. The predicted octanol–water partition coefficient (Wildman–Crippen LogP) is 5.41. The highest BCUT2D eigenvalue weighted by atomic mass is 16.5. The number of hydrogen-bond donors (Lipinski definition) is 1. The summed E-state index contributed by atoms with van der Waals surface area (Å²) in [6, 6.07) is 23.0. The van der Waals surface area contributed by atoms with Gasteiger partial charge in [0.1, 0.15) is 11.5 Å². The van der Waals surface area contributed by atoms with Gasteiger partial charge in [-0.05, 0) is 49.1 Å². The van der Waals surface area contributed by atoms with E-state index in [0.717, 1.165) is 44.6 Å². The minimum atomic E-state index is -0.0842. The summed E-state index contributed by atoms with van der Waals surface area (Å²) in [7, 11) is 3.22. The van der Waals surface area contributed by atoms with Crippen molar-refractivity contribution in [1.29, 1.82) is 0 Å². The van der Waals surface area contributed by atoms with Gasteiger partial charge in [-0.1, -0.05) is 48.5 Å². The molecule has 0 unspecified atom stereocenters. The lowest BCUT2D eigenvalue weighted by atomic mass is 10.0. The van der Waals surface area contributed by atoms with Gasteiger partial charge in [-0.2, -0.15) is 0 Å². The average molecular weight is 498 g/mol. The van der Waals surface area contributed by atoms with Gasteiger partial charge < -0.3 is 19.4 Å². The van der Waals surface area contributed by atoms with Crippen LogP contribution in [0.2, 0.25) is 0 Å². The third-order valence-corrected chi connectivity index (χ3v) is 7.40. The van der Waals surface area contributed by atoms with Crippen molar-refractivity contribution in [1.82, 2.24) is 14.8 Å². The Hall–Kier alpha value is -3.77. The molecule has 3 aromatic carbocycles. The molecule has 1 amide bonds. The topological polar surface area (TPSA) is 55.7 Å². The summed E-state index contributed by atoms with van der Waals surface area (Å²) in [4.78, 5) is 15.5. The average Bonchev–Trinajstić information content (AvgIpc) is 3.27. The van der Waals surface area contributed by atoms with Crippen LogP contribution >= 0.6 is 0 Å². The number of aromatic nitrogens is 1. The molecule has 0 saturated carbocycles. The van der Waals surface area contributed by atoms with Crippen LogP contribution < -0.4 is 14.8 Å². The monoisotopic (exact) mass is 497 g/mol. The number of carbonyl (C=O) groups excluding carboxylic acids is 1. The van der Waals surface area contributed by atoms with E-state index in [1.807, 2.05) is 6.92 Å². The molecule has 0 spiro atoms. The molecule has 192 valence electrons. The molecule has 1 saturated heterocycles. The van der Waals surface area contributed by atoms with Gasteiger partial charge in [-0.25, -0.2) is 0 Å². The van der Waals surface area contributed by atoms with E-state index in [9.17, 15) is 4.79 Å². The smallest absolute Gasteiger partial charge is 0.251 e. The van der Waals surface area contributed by atoms with Crippen molar-refractivity contribution < 1.29 is 14.3 Å². The highest BCUT2D eigenvalue weighted by Gasteiger charge is 2.23. The first-order valence-corrected chi connectivity index (χ1v) is 12.9. The van der Waals surface area contributed by atoms with Crippen LogP contribution in [0.25, 0.3) is 10.9 Å². The Morgan fingerprint density at radius 3 is 2.24 bits per heavy atom. The molecule has 1 N–H and O–H groups in total. The molecule has 2 heterocycles. The first-order chi connectivity index (χ1) is 18.1. The molecule has 0 atom stereocenters. The van der Waals surface area contributed by atoms with E-state index in [1.165, 1.54) is 22.0 Å². The molecule has 0 radical (unpaired) electrons. The number of piperidine rings is 1. The number of fused-ring (bicyclic) bond motifs is 1. The summed E-state index contributed by atoms with van der Waals surface area (Å²) >= 11 is 0. The van der Waals surface area contributed by atoms with Crippen molar-refractivity contribution in [3.63, 3.8) is 0 Å². The Bertz CT molecular complexity index is 1350. The normalized spacial score (nSPS) is 14.6. The molecule has 4 aromatic rings. The Morgan fingerprint density at radius 1 is 0.919 bits per heavy atom. The summed E-state index contributed by atoms with van der Waals surface area (Å²) in [6.45, 7) is 5.60. The van der Waals surface area contributed by atoms with E-state index >= 15 is 0 Å². The number of para-hydroxylation sites is 1. The number of carbonyl (C=O) groups is 1. The fourth-order valence-electron chi connectivity index (χ4n) is 5.32. The summed E-state index contributed by atoms with van der Waals surface area (Å²) in [5.41, 5.74) is 5.38. The van der Waals surface area contributed by atoms with Crippen LogP contribution in [0.1, 0.15) is 39.9 Å². The van der Waals surface area contributed by atoms with Crippen LogP contribution in [-0.4, -0.2) is 48.7 Å². The van der Waals surface area contributed by atoms with Crippen molar-refractivity contribution >= 4 is 16.8 Å². The molecule has 1 fully saturated rings. The van der Waals surface area contributed by atoms with E-state index in [1.54, 1.807) is 26.4 Å². The van der Waals surface area contributed by atoms with Gasteiger partial charge in [-0.15, -0.1) is 0 Å². The van der Waals surface area contributed by atoms with E-state index in [2.05, 4.69) is 75.6 Å². The minimum Gasteiger partial charge on any atom is -0.496 e. The Balaban J connectivity index is 1.22. The maximum atomic E-state index is 13.0. The number of hydrogen-bond acceptors (Lipinski definition) is 4. The van der Waals surface area contributed by atoms with Gasteiger partial charge in [0.25, 0.3) is 5.91 Å². The number of rotatable bonds is 8. The van der Waals surface area contributed by atoms with Crippen LogP contribution in [0, 0.1) is 6.92 Å². The van der Waals surface area contributed by atoms with Crippen molar-refractivity contribution in [3.8, 4) is 11.5 Å². The quantitative estimate of drug-likeness (QED) is 0.354. The number of amides is 1. The first kappa shape index (κ1) is 24.9. The maximum absolute atomic E-state index is 13.0. The van der Waals surface area contributed by atoms with Crippen molar-refractivity contribution in [2.45, 2.75) is 38.9 Å². The van der Waals surface area contributed by atoms with Gasteiger partial charge >= 0.3 is 0 Å². The van der Waals surface area contributed by atoms with Crippen LogP contribution in [-0.2, 0) is 13.1 Å². The standard InChI is InChI=1S/C31H35N3O3/c1-22-29(36-2)17-24(18-30(22)37-3)31(35)32-26-13-15-33(16-14-26)20-25-21-34(19-23-9-5-4-6-10-23)28-12-8-7-11-27(25)28/h4-12,17-18,21,26H,13-16,19-20H2,1-3H3,(H,32,35). The van der Waals surface area contributed by atoms with Gasteiger partial charge in [0.2, 0.25) is 0 Å². The van der Waals surface area contributed by atoms with E-state index in [0.29, 0.717) is 17.1 Å². The lowest BCUT2D eigenvalue weighted by Gasteiger charge is -2.32. The summed E-state index contributed by atoms with van der Waals surface area (Å²) in [6.07, 6.45) is 4.16. The Kier molecular flexibility index (Phi) is 7.47. The highest BCUT2D eigenvalue weighted by molar-refractivity contribution is 5.95. The van der Waals surface area contributed by atoms with Gasteiger partial charge in [0.05, 0.1) is 14.2 Å². The predicted molar refractivity (Wildman–Crippen MR) is 148 cm³/mol. The molecule has 1 aliphatic heterocycles. The van der Waals surface area contributed by atoms with Gasteiger partial charge in [0, 0.05) is 60.4 Å². The number of likely N-dealkylation sites (tertiary alicyclic amines) is 1. The third-order valence-electron chi connectivity index (χ3n) is 7.40. The molecule has 1 aromatic heterocycles. The second-order valence-electron chi connectivity index (χ2n) is 9.81. The Labute approximate surface area is 218 Å². The fraction of sp³-hybridized carbons (Fsp3) is 0.323. The molecular weight excluding hydrogens is 462 g/mol. The van der Waals surface area contributed by atoms with Crippen LogP contribution in [0.5, 0.6) is 11.5 Å². The second-order valence-corrected chi connectivity index (χ2v) is 9.81. The van der Waals surface area contributed by atoms with Crippen molar-refractivity contribution in [2.24, 2.45) is 0 Å². The zero-order valence-electron chi connectivity index (χ0n) is 21.9. The molecule has 0 aliphatic carbocycles. The van der Waals surface area contributed by atoms with Crippen molar-refractivity contribution in [3.05, 3.63) is 95.2 Å². The van der Waals surface area contributed by atoms with Gasteiger partial charge in [-0.3, -0.25) is 9.69 Å². The molecular formula is C31H35N3O3. The second kappa shape index (κ2) is 11.1. The number of methoxy groups -OCH3 is 2. The molecule has 5 rings (SSSR count).